The summed E-state index contributed by atoms with van der Waals surface area (Å²) in [5.74, 6) is -1.54. The van der Waals surface area contributed by atoms with Gasteiger partial charge in [-0.15, -0.1) is 0 Å². The Morgan fingerprint density at radius 1 is 1.27 bits per heavy atom. The quantitative estimate of drug-likeness (QED) is 0.650. The van der Waals surface area contributed by atoms with Crippen molar-refractivity contribution in [3.63, 3.8) is 0 Å². The van der Waals surface area contributed by atoms with Gasteiger partial charge in [0.15, 0.2) is 0 Å². The normalized spacial score (nSPS) is 10.0. The number of nitro benzene ring substituents is 1. The molecule has 0 amide bonds. The Labute approximate surface area is 125 Å². The highest BCUT2D eigenvalue weighted by atomic mass is 16.6. The predicted molar refractivity (Wildman–Crippen MR) is 77.4 cm³/mol. The molecule has 0 aliphatic rings. The number of rotatable bonds is 6. The average molecular weight is 303 g/mol. The monoisotopic (exact) mass is 303 g/mol. The van der Waals surface area contributed by atoms with Gasteiger partial charge in [0.2, 0.25) is 5.75 Å². The van der Waals surface area contributed by atoms with E-state index in [0.29, 0.717) is 0 Å². The molecule has 0 atom stereocenters. The number of ether oxygens (including phenoxy) is 2. The minimum Gasteiger partial charge on any atom is -0.496 e. The summed E-state index contributed by atoms with van der Waals surface area (Å²) in [4.78, 5) is 21.8. The van der Waals surface area contributed by atoms with Crippen LogP contribution in [-0.4, -0.2) is 23.1 Å². The third-order valence-corrected chi connectivity index (χ3v) is 2.93. The Kier molecular flexibility index (Phi) is 4.57. The molecule has 0 spiro atoms. The van der Waals surface area contributed by atoms with Crippen molar-refractivity contribution in [3.05, 3.63) is 63.7 Å². The topological polar surface area (TPSA) is 98.9 Å². The molecule has 7 nitrogen and oxygen atoms in total. The fourth-order valence-electron chi connectivity index (χ4n) is 1.88. The number of carboxylic acid groups (broad SMARTS) is 1. The molecule has 0 radical (unpaired) electrons. The van der Waals surface area contributed by atoms with Gasteiger partial charge in [-0.1, -0.05) is 30.3 Å². The van der Waals surface area contributed by atoms with E-state index in [2.05, 4.69) is 0 Å². The van der Waals surface area contributed by atoms with E-state index in [1.54, 1.807) is 24.3 Å². The molecule has 0 aliphatic carbocycles. The van der Waals surface area contributed by atoms with Crippen LogP contribution in [-0.2, 0) is 6.61 Å². The molecule has 0 saturated heterocycles. The first-order chi connectivity index (χ1) is 10.5. The van der Waals surface area contributed by atoms with E-state index in [0.717, 1.165) is 11.6 Å². The van der Waals surface area contributed by atoms with Crippen LogP contribution < -0.4 is 9.47 Å². The van der Waals surface area contributed by atoms with Gasteiger partial charge in [-0.05, 0) is 11.6 Å². The number of hydrogen-bond acceptors (Lipinski definition) is 5. The Bertz CT molecular complexity index is 663. The molecule has 0 unspecified atom stereocenters. The molecule has 0 aromatic heterocycles. The average Bonchev–Trinajstić information content (AvgIpc) is 2.52. The van der Waals surface area contributed by atoms with Crippen molar-refractivity contribution in [3.8, 4) is 11.5 Å². The van der Waals surface area contributed by atoms with Crippen LogP contribution in [0.25, 0.3) is 0 Å². The van der Waals surface area contributed by atoms with Gasteiger partial charge in [0.05, 0.1) is 18.1 Å². The van der Waals surface area contributed by atoms with Crippen LogP contribution in [0.15, 0.2) is 42.5 Å². The molecule has 0 saturated carbocycles. The van der Waals surface area contributed by atoms with Gasteiger partial charge in [-0.2, -0.15) is 0 Å². The van der Waals surface area contributed by atoms with E-state index in [4.69, 9.17) is 9.47 Å². The first-order valence-electron chi connectivity index (χ1n) is 6.29. The van der Waals surface area contributed by atoms with Gasteiger partial charge in [0.1, 0.15) is 17.9 Å². The van der Waals surface area contributed by atoms with Crippen molar-refractivity contribution in [2.24, 2.45) is 0 Å². The minimum atomic E-state index is -1.33. The minimum absolute atomic E-state index is 0.0221. The van der Waals surface area contributed by atoms with Gasteiger partial charge in [0, 0.05) is 0 Å². The Balaban J connectivity index is 2.42. The standard InChI is InChI=1S/C15H13NO6/c1-21-11-7-12(15(17)18)14(13(8-11)16(19)20)22-9-10-5-3-2-4-6-10/h2-8H,9H2,1H3,(H,17,18). The van der Waals surface area contributed by atoms with Gasteiger partial charge in [0.25, 0.3) is 0 Å². The largest absolute Gasteiger partial charge is 0.496 e. The smallest absolute Gasteiger partial charge is 0.339 e. The predicted octanol–water partition coefficient (Wildman–Crippen LogP) is 2.88. The maximum Gasteiger partial charge on any atom is 0.339 e. The summed E-state index contributed by atoms with van der Waals surface area (Å²) >= 11 is 0. The number of nitro groups is 1. The second-order valence-corrected chi connectivity index (χ2v) is 4.36. The molecule has 2 rings (SSSR count). The zero-order valence-corrected chi connectivity index (χ0v) is 11.7. The molecule has 0 bridgehead atoms. The second-order valence-electron chi connectivity index (χ2n) is 4.36. The molecule has 0 heterocycles. The maximum absolute atomic E-state index is 11.3. The summed E-state index contributed by atoms with van der Waals surface area (Å²) < 4.78 is 10.3. The summed E-state index contributed by atoms with van der Waals surface area (Å²) in [5, 5.41) is 20.4. The van der Waals surface area contributed by atoms with E-state index in [1.165, 1.54) is 13.2 Å². The highest BCUT2D eigenvalue weighted by Crippen LogP contribution is 2.36. The molecule has 0 fully saturated rings. The number of aromatic carboxylic acids is 1. The summed E-state index contributed by atoms with van der Waals surface area (Å²) in [5.41, 5.74) is -0.00128. The Morgan fingerprint density at radius 3 is 2.50 bits per heavy atom. The van der Waals surface area contributed by atoms with Crippen molar-refractivity contribution >= 4 is 11.7 Å². The Morgan fingerprint density at radius 2 is 1.95 bits per heavy atom. The maximum atomic E-state index is 11.3. The van der Waals surface area contributed by atoms with Crippen molar-refractivity contribution in [2.75, 3.05) is 7.11 Å². The lowest BCUT2D eigenvalue weighted by Gasteiger charge is -2.11. The van der Waals surface area contributed by atoms with Crippen molar-refractivity contribution < 1.29 is 24.3 Å². The fourth-order valence-corrected chi connectivity index (χ4v) is 1.88. The molecule has 2 aromatic rings. The van der Waals surface area contributed by atoms with Crippen molar-refractivity contribution in [1.29, 1.82) is 0 Å². The van der Waals surface area contributed by atoms with Gasteiger partial charge < -0.3 is 14.6 Å². The number of hydrogen-bond donors (Lipinski definition) is 1. The van der Waals surface area contributed by atoms with Gasteiger partial charge >= 0.3 is 11.7 Å². The van der Waals surface area contributed by atoms with E-state index in [-0.39, 0.29) is 23.7 Å². The lowest BCUT2D eigenvalue weighted by atomic mass is 10.1. The Hall–Kier alpha value is -3.09. The molecular formula is C15H13NO6. The lowest BCUT2D eigenvalue weighted by molar-refractivity contribution is -0.386. The van der Waals surface area contributed by atoms with Crippen LogP contribution in [0.2, 0.25) is 0 Å². The second kappa shape index (κ2) is 6.57. The van der Waals surface area contributed by atoms with Crippen molar-refractivity contribution in [2.45, 2.75) is 6.61 Å². The zero-order valence-electron chi connectivity index (χ0n) is 11.7. The third-order valence-electron chi connectivity index (χ3n) is 2.93. The van der Waals surface area contributed by atoms with E-state index in [1.807, 2.05) is 6.07 Å². The lowest BCUT2D eigenvalue weighted by Crippen LogP contribution is -2.07. The van der Waals surface area contributed by atoms with Crippen LogP contribution in [0.1, 0.15) is 15.9 Å². The summed E-state index contributed by atoms with van der Waals surface area (Å²) in [7, 11) is 1.30. The number of carbonyl (C=O) groups is 1. The zero-order chi connectivity index (χ0) is 16.1. The summed E-state index contributed by atoms with van der Waals surface area (Å²) in [6.45, 7) is 0.0221. The molecule has 7 heteroatoms. The molecule has 22 heavy (non-hydrogen) atoms. The van der Waals surface area contributed by atoms with E-state index < -0.39 is 16.6 Å². The number of benzene rings is 2. The molecular weight excluding hydrogens is 290 g/mol. The molecule has 0 aliphatic heterocycles. The first kappa shape index (κ1) is 15.3. The molecule has 1 N–H and O–H groups in total. The number of carboxylic acids is 1. The highest BCUT2D eigenvalue weighted by Gasteiger charge is 2.25. The first-order valence-corrected chi connectivity index (χ1v) is 6.29. The molecule has 114 valence electrons. The number of nitrogens with zero attached hydrogens (tertiary/aromatic N) is 1. The summed E-state index contributed by atoms with van der Waals surface area (Å²) in [6, 6.07) is 11.3. The molecule has 2 aromatic carbocycles. The van der Waals surface area contributed by atoms with Crippen LogP contribution in [0.5, 0.6) is 11.5 Å². The van der Waals surface area contributed by atoms with Gasteiger partial charge in [-0.3, -0.25) is 10.1 Å². The van der Waals surface area contributed by atoms with Crippen LogP contribution in [0, 0.1) is 10.1 Å². The van der Waals surface area contributed by atoms with E-state index >= 15 is 0 Å². The number of methoxy groups -OCH3 is 1. The fraction of sp³-hybridized carbons (Fsp3) is 0.133. The van der Waals surface area contributed by atoms with Gasteiger partial charge in [-0.25, -0.2) is 4.79 Å². The van der Waals surface area contributed by atoms with Crippen molar-refractivity contribution in [1.82, 2.24) is 0 Å². The SMILES string of the molecule is COc1cc(C(=O)O)c(OCc2ccccc2)c([N+](=O)[O-])c1. The van der Waals surface area contributed by atoms with E-state index in [9.17, 15) is 20.0 Å². The van der Waals surface area contributed by atoms with Crippen LogP contribution in [0.4, 0.5) is 5.69 Å². The highest BCUT2D eigenvalue weighted by molar-refractivity contribution is 5.93. The van der Waals surface area contributed by atoms with Crippen LogP contribution in [0.3, 0.4) is 0 Å². The summed E-state index contributed by atoms with van der Waals surface area (Å²) in [6.07, 6.45) is 0. The van der Waals surface area contributed by atoms with Crippen LogP contribution >= 0.6 is 0 Å². The third kappa shape index (κ3) is 3.32.